The fourth-order valence-corrected chi connectivity index (χ4v) is 4.62. The monoisotopic (exact) mass is 549 g/mol. The SMILES string of the molecule is NC(=O)CCCOC[C@@H]1O[C@H](COCc2ccccc2)[C@@H](OCc2ccccc2)[C@H](OCc2ccccc2)C1O. The van der Waals surface area contributed by atoms with Gasteiger partial charge in [-0.1, -0.05) is 91.0 Å². The molecule has 1 fully saturated rings. The van der Waals surface area contributed by atoms with E-state index in [-0.39, 0.29) is 25.5 Å². The third-order valence-electron chi connectivity index (χ3n) is 6.72. The number of carbonyl (C=O) groups excluding carboxylic acids is 1. The average Bonchev–Trinajstić information content (AvgIpc) is 2.98. The molecule has 3 aromatic carbocycles. The van der Waals surface area contributed by atoms with Gasteiger partial charge >= 0.3 is 0 Å². The minimum absolute atomic E-state index is 0.131. The molecule has 3 aromatic rings. The van der Waals surface area contributed by atoms with Crippen LogP contribution in [0.15, 0.2) is 91.0 Å². The molecular weight excluding hydrogens is 510 g/mol. The number of ether oxygens (including phenoxy) is 5. The van der Waals surface area contributed by atoms with Crippen molar-refractivity contribution in [1.82, 2.24) is 0 Å². The molecule has 0 saturated carbocycles. The molecule has 4 rings (SSSR count). The number of hydrogen-bond acceptors (Lipinski definition) is 7. The van der Waals surface area contributed by atoms with Crippen molar-refractivity contribution in [2.24, 2.45) is 5.73 Å². The zero-order valence-electron chi connectivity index (χ0n) is 22.7. The third-order valence-corrected chi connectivity index (χ3v) is 6.72. The Labute approximate surface area is 236 Å². The summed E-state index contributed by atoms with van der Waals surface area (Å²) in [6.45, 7) is 1.75. The highest BCUT2D eigenvalue weighted by molar-refractivity contribution is 5.73. The van der Waals surface area contributed by atoms with Crippen molar-refractivity contribution in [3.05, 3.63) is 108 Å². The lowest BCUT2D eigenvalue weighted by Crippen LogP contribution is -2.61. The first-order valence-electron chi connectivity index (χ1n) is 13.7. The summed E-state index contributed by atoms with van der Waals surface area (Å²) >= 11 is 0. The molecule has 8 nitrogen and oxygen atoms in total. The zero-order valence-corrected chi connectivity index (χ0v) is 22.7. The van der Waals surface area contributed by atoms with Gasteiger partial charge in [0.2, 0.25) is 5.91 Å². The Morgan fingerprint density at radius 2 is 1.20 bits per heavy atom. The molecule has 1 aliphatic heterocycles. The molecule has 0 spiro atoms. The van der Waals surface area contributed by atoms with E-state index in [9.17, 15) is 9.90 Å². The summed E-state index contributed by atoms with van der Waals surface area (Å²) in [6.07, 6.45) is -2.75. The standard InChI is InChI=1S/C32H39NO7/c33-29(34)17-10-18-36-22-27-30(35)32(39-21-26-15-8-3-9-16-26)31(38-20-25-13-6-2-7-14-25)28(40-27)23-37-19-24-11-4-1-5-12-24/h1-9,11-16,27-28,30-32,35H,10,17-23H2,(H2,33,34)/t27-,28+,30?,31+,32+/m0/s1. The predicted octanol–water partition coefficient (Wildman–Crippen LogP) is 3.78. The number of hydrogen-bond donors (Lipinski definition) is 2. The fourth-order valence-electron chi connectivity index (χ4n) is 4.62. The first kappa shape index (κ1) is 29.9. The van der Waals surface area contributed by atoms with Gasteiger partial charge in [-0.2, -0.15) is 0 Å². The van der Waals surface area contributed by atoms with Crippen LogP contribution in [-0.4, -0.2) is 61.4 Å². The number of benzene rings is 3. The molecule has 8 heteroatoms. The van der Waals surface area contributed by atoms with Crippen LogP contribution in [0.4, 0.5) is 0 Å². The summed E-state index contributed by atoms with van der Waals surface area (Å²) in [5.74, 6) is -0.374. The molecular formula is C32H39NO7. The van der Waals surface area contributed by atoms with Crippen LogP contribution < -0.4 is 5.73 Å². The predicted molar refractivity (Wildman–Crippen MR) is 150 cm³/mol. The largest absolute Gasteiger partial charge is 0.387 e. The summed E-state index contributed by atoms with van der Waals surface area (Å²) < 4.78 is 30.9. The van der Waals surface area contributed by atoms with E-state index in [0.29, 0.717) is 32.8 Å². The maximum atomic E-state index is 11.4. The first-order chi connectivity index (χ1) is 19.6. The second-order valence-corrected chi connectivity index (χ2v) is 9.87. The molecule has 1 saturated heterocycles. The number of nitrogens with two attached hydrogens (primary N) is 1. The summed E-state index contributed by atoms with van der Waals surface area (Å²) in [5, 5.41) is 11.4. The van der Waals surface area contributed by atoms with Crippen LogP contribution >= 0.6 is 0 Å². The zero-order chi connectivity index (χ0) is 28.0. The van der Waals surface area contributed by atoms with Gasteiger partial charge in [-0.25, -0.2) is 0 Å². The Morgan fingerprint density at radius 3 is 1.75 bits per heavy atom. The van der Waals surface area contributed by atoms with Crippen molar-refractivity contribution < 1.29 is 33.6 Å². The highest BCUT2D eigenvalue weighted by atomic mass is 16.6. The van der Waals surface area contributed by atoms with Gasteiger partial charge in [0.15, 0.2) is 0 Å². The smallest absolute Gasteiger partial charge is 0.217 e. The summed E-state index contributed by atoms with van der Waals surface area (Å²) in [4.78, 5) is 11.1. The van der Waals surface area contributed by atoms with Crippen LogP contribution in [0.2, 0.25) is 0 Å². The number of aliphatic hydroxyl groups excluding tert-OH is 1. The van der Waals surface area contributed by atoms with Gasteiger partial charge in [-0.3, -0.25) is 4.79 Å². The van der Waals surface area contributed by atoms with Gasteiger partial charge in [0.25, 0.3) is 0 Å². The van der Waals surface area contributed by atoms with Crippen molar-refractivity contribution >= 4 is 5.91 Å². The number of amides is 1. The van der Waals surface area contributed by atoms with E-state index in [0.717, 1.165) is 16.7 Å². The van der Waals surface area contributed by atoms with Gasteiger partial charge in [0.1, 0.15) is 30.5 Å². The van der Waals surface area contributed by atoms with Crippen LogP contribution in [0.3, 0.4) is 0 Å². The molecule has 1 unspecified atom stereocenters. The molecule has 3 N–H and O–H groups in total. The molecule has 0 bridgehead atoms. The highest BCUT2D eigenvalue weighted by Crippen LogP contribution is 2.29. The molecule has 214 valence electrons. The Bertz CT molecular complexity index is 1120. The molecule has 5 atom stereocenters. The molecule has 0 radical (unpaired) electrons. The van der Waals surface area contributed by atoms with Crippen molar-refractivity contribution in [1.29, 1.82) is 0 Å². The van der Waals surface area contributed by atoms with Gasteiger partial charge in [0.05, 0.1) is 33.0 Å². The van der Waals surface area contributed by atoms with Crippen LogP contribution in [0.5, 0.6) is 0 Å². The average molecular weight is 550 g/mol. The minimum Gasteiger partial charge on any atom is -0.387 e. The normalized spacial score (nSPS) is 22.7. The summed E-state index contributed by atoms with van der Waals surface area (Å²) in [7, 11) is 0. The third kappa shape index (κ3) is 9.52. The van der Waals surface area contributed by atoms with Crippen molar-refractivity contribution in [3.8, 4) is 0 Å². The number of primary amides is 1. The lowest BCUT2D eigenvalue weighted by Gasteiger charge is -2.44. The topological polar surface area (TPSA) is 109 Å². The maximum Gasteiger partial charge on any atom is 0.217 e. The molecule has 0 aromatic heterocycles. The van der Waals surface area contributed by atoms with E-state index in [1.807, 2.05) is 91.0 Å². The van der Waals surface area contributed by atoms with Gasteiger partial charge in [-0.05, 0) is 23.1 Å². The van der Waals surface area contributed by atoms with E-state index in [1.165, 1.54) is 0 Å². The Hall–Kier alpha value is -3.11. The second-order valence-electron chi connectivity index (χ2n) is 9.87. The number of rotatable bonds is 16. The van der Waals surface area contributed by atoms with E-state index in [1.54, 1.807) is 0 Å². The van der Waals surface area contributed by atoms with Crippen LogP contribution in [0, 0.1) is 0 Å². The Morgan fingerprint density at radius 1 is 0.700 bits per heavy atom. The maximum absolute atomic E-state index is 11.4. The quantitative estimate of drug-likeness (QED) is 0.262. The molecule has 0 aliphatic carbocycles. The number of aliphatic hydroxyl groups is 1. The molecule has 1 amide bonds. The second kappa shape index (κ2) is 16.2. The van der Waals surface area contributed by atoms with Crippen molar-refractivity contribution in [2.45, 2.75) is 63.2 Å². The van der Waals surface area contributed by atoms with Crippen LogP contribution in [0.25, 0.3) is 0 Å². The lowest BCUT2D eigenvalue weighted by atomic mass is 9.94. The van der Waals surface area contributed by atoms with Gasteiger partial charge in [0, 0.05) is 13.0 Å². The summed E-state index contributed by atoms with van der Waals surface area (Å²) in [6, 6.07) is 29.6. The van der Waals surface area contributed by atoms with Crippen molar-refractivity contribution in [2.75, 3.05) is 19.8 Å². The Balaban J connectivity index is 1.48. The van der Waals surface area contributed by atoms with Crippen LogP contribution in [-0.2, 0) is 48.3 Å². The van der Waals surface area contributed by atoms with E-state index in [2.05, 4.69) is 0 Å². The van der Waals surface area contributed by atoms with E-state index in [4.69, 9.17) is 29.4 Å². The van der Waals surface area contributed by atoms with E-state index < -0.39 is 30.5 Å². The minimum atomic E-state index is -1.01. The molecule has 1 heterocycles. The number of carbonyl (C=O) groups is 1. The van der Waals surface area contributed by atoms with Crippen molar-refractivity contribution in [3.63, 3.8) is 0 Å². The first-order valence-corrected chi connectivity index (χ1v) is 13.7. The van der Waals surface area contributed by atoms with E-state index >= 15 is 0 Å². The van der Waals surface area contributed by atoms with Gasteiger partial charge < -0.3 is 34.5 Å². The highest BCUT2D eigenvalue weighted by Gasteiger charge is 2.47. The van der Waals surface area contributed by atoms with Crippen LogP contribution in [0.1, 0.15) is 29.5 Å². The summed E-state index contributed by atoms with van der Waals surface area (Å²) in [5.41, 5.74) is 8.26. The lowest BCUT2D eigenvalue weighted by molar-refractivity contribution is -0.268. The fraction of sp³-hybridized carbons (Fsp3) is 0.406. The van der Waals surface area contributed by atoms with Gasteiger partial charge in [-0.15, -0.1) is 0 Å². The molecule has 1 aliphatic rings. The Kier molecular flexibility index (Phi) is 12.1. The molecule has 40 heavy (non-hydrogen) atoms.